The zero-order valence-electron chi connectivity index (χ0n) is 14.8. The van der Waals surface area contributed by atoms with Crippen molar-refractivity contribution in [1.29, 1.82) is 0 Å². The summed E-state index contributed by atoms with van der Waals surface area (Å²) in [5.41, 5.74) is 9.62. The van der Waals surface area contributed by atoms with Crippen molar-refractivity contribution in [2.75, 3.05) is 0 Å². The van der Waals surface area contributed by atoms with Crippen molar-refractivity contribution in [1.82, 2.24) is 15.3 Å². The number of nitrogens with zero attached hydrogens (tertiary/aromatic N) is 1. The average molecular weight is 330 g/mol. The van der Waals surface area contributed by atoms with E-state index in [4.69, 9.17) is 5.73 Å². The fourth-order valence-electron chi connectivity index (χ4n) is 2.66. The monoisotopic (exact) mass is 330 g/mol. The molecule has 0 spiro atoms. The predicted octanol–water partition coefficient (Wildman–Crippen LogP) is 2.13. The van der Waals surface area contributed by atoms with Gasteiger partial charge in [0.25, 0.3) is 0 Å². The second kappa shape index (κ2) is 7.47. The molecule has 0 aliphatic heterocycles. The van der Waals surface area contributed by atoms with Crippen LogP contribution in [0.2, 0.25) is 0 Å². The average Bonchev–Trinajstić information content (AvgIpc) is 2.86. The summed E-state index contributed by atoms with van der Waals surface area (Å²) in [6.45, 7) is 8.08. The second-order valence-electron chi connectivity index (χ2n) is 6.79. The molecule has 24 heavy (non-hydrogen) atoms. The first-order valence-corrected chi connectivity index (χ1v) is 8.30. The third-order valence-corrected chi connectivity index (χ3v) is 4.12. The maximum absolute atomic E-state index is 12.1. The number of rotatable bonds is 7. The lowest BCUT2D eigenvalue weighted by molar-refractivity contribution is -0.127. The quantitative estimate of drug-likeness (QED) is 0.725. The van der Waals surface area contributed by atoms with E-state index in [0.717, 1.165) is 16.9 Å². The Morgan fingerprint density at radius 2 is 1.92 bits per heavy atom. The van der Waals surface area contributed by atoms with Crippen LogP contribution in [0, 0.1) is 19.8 Å². The van der Waals surface area contributed by atoms with Crippen LogP contribution in [0.1, 0.15) is 43.6 Å². The Kier molecular flexibility index (Phi) is 5.59. The second-order valence-corrected chi connectivity index (χ2v) is 6.79. The molecule has 6 heteroatoms. The number of hydrogen-bond acceptors (Lipinski definition) is 3. The van der Waals surface area contributed by atoms with E-state index >= 15 is 0 Å². The van der Waals surface area contributed by atoms with Crippen LogP contribution in [-0.2, 0) is 16.0 Å². The van der Waals surface area contributed by atoms with Gasteiger partial charge in [0.2, 0.25) is 11.8 Å². The molecule has 130 valence electrons. The number of imidazole rings is 1. The Labute approximate surface area is 142 Å². The van der Waals surface area contributed by atoms with Crippen molar-refractivity contribution in [3.63, 3.8) is 0 Å². The molecule has 1 atom stereocenters. The smallest absolute Gasteiger partial charge is 0.240 e. The maximum atomic E-state index is 12.1. The van der Waals surface area contributed by atoms with Gasteiger partial charge in [-0.2, -0.15) is 0 Å². The SMILES string of the molecule is Cc1cc2nc(CCC(=O)N[C@@H](CC(C)C)C(N)=O)[nH]c2cc1C. The highest BCUT2D eigenvalue weighted by Gasteiger charge is 2.19. The van der Waals surface area contributed by atoms with Crippen LogP contribution in [0.4, 0.5) is 0 Å². The van der Waals surface area contributed by atoms with Crippen LogP contribution in [-0.4, -0.2) is 27.8 Å². The lowest BCUT2D eigenvalue weighted by atomic mass is 10.0. The summed E-state index contributed by atoms with van der Waals surface area (Å²) in [4.78, 5) is 31.3. The van der Waals surface area contributed by atoms with Gasteiger partial charge in [0.1, 0.15) is 11.9 Å². The molecular weight excluding hydrogens is 304 g/mol. The van der Waals surface area contributed by atoms with Gasteiger partial charge in [0, 0.05) is 12.8 Å². The molecule has 0 bridgehead atoms. The van der Waals surface area contributed by atoms with E-state index in [1.807, 2.05) is 19.9 Å². The molecule has 0 saturated heterocycles. The van der Waals surface area contributed by atoms with E-state index in [1.165, 1.54) is 11.1 Å². The van der Waals surface area contributed by atoms with E-state index in [9.17, 15) is 9.59 Å². The topological polar surface area (TPSA) is 101 Å². The summed E-state index contributed by atoms with van der Waals surface area (Å²) >= 11 is 0. The number of H-pyrrole nitrogens is 1. The minimum absolute atomic E-state index is 0.188. The summed E-state index contributed by atoms with van der Waals surface area (Å²) in [6, 6.07) is 3.49. The Morgan fingerprint density at radius 3 is 2.54 bits per heavy atom. The lowest BCUT2D eigenvalue weighted by Gasteiger charge is -2.17. The predicted molar refractivity (Wildman–Crippen MR) is 94.5 cm³/mol. The number of fused-ring (bicyclic) bond motifs is 1. The minimum atomic E-state index is -0.613. The standard InChI is InChI=1S/C18H26N4O2/c1-10(2)7-15(18(19)24)22-17(23)6-5-16-20-13-8-11(3)12(4)9-14(13)21-16/h8-10,15H,5-7H2,1-4H3,(H2,19,24)(H,20,21)(H,22,23)/t15-/m0/s1. The molecule has 4 N–H and O–H groups in total. The van der Waals surface area contributed by atoms with E-state index in [2.05, 4.69) is 35.2 Å². The molecule has 2 rings (SSSR count). The summed E-state index contributed by atoms with van der Waals surface area (Å²) < 4.78 is 0. The number of benzene rings is 1. The maximum Gasteiger partial charge on any atom is 0.240 e. The minimum Gasteiger partial charge on any atom is -0.368 e. The van der Waals surface area contributed by atoms with E-state index in [1.54, 1.807) is 0 Å². The zero-order valence-corrected chi connectivity index (χ0v) is 14.8. The largest absolute Gasteiger partial charge is 0.368 e. The third-order valence-electron chi connectivity index (χ3n) is 4.12. The van der Waals surface area contributed by atoms with Crippen LogP contribution in [0.25, 0.3) is 11.0 Å². The summed E-state index contributed by atoms with van der Waals surface area (Å²) in [6.07, 6.45) is 1.30. The molecule has 2 aromatic rings. The molecule has 0 radical (unpaired) electrons. The number of amides is 2. The van der Waals surface area contributed by atoms with Gasteiger partial charge in [-0.15, -0.1) is 0 Å². The molecule has 0 saturated carbocycles. The van der Waals surface area contributed by atoms with Gasteiger partial charge in [-0.25, -0.2) is 4.98 Å². The van der Waals surface area contributed by atoms with Crippen molar-refractivity contribution in [3.8, 4) is 0 Å². The first kappa shape index (κ1) is 18.0. The zero-order chi connectivity index (χ0) is 17.9. The number of nitrogens with two attached hydrogens (primary N) is 1. The molecule has 0 fully saturated rings. The number of aryl methyl sites for hydroxylation is 3. The van der Waals surface area contributed by atoms with Crippen molar-refractivity contribution < 1.29 is 9.59 Å². The highest BCUT2D eigenvalue weighted by Crippen LogP contribution is 2.17. The third kappa shape index (κ3) is 4.57. The molecule has 1 heterocycles. The van der Waals surface area contributed by atoms with Gasteiger partial charge in [0.05, 0.1) is 11.0 Å². The number of aromatic nitrogens is 2. The first-order chi connectivity index (χ1) is 11.3. The molecule has 1 aromatic carbocycles. The van der Waals surface area contributed by atoms with Crippen molar-refractivity contribution >= 4 is 22.8 Å². The van der Waals surface area contributed by atoms with Crippen LogP contribution in [0.3, 0.4) is 0 Å². The van der Waals surface area contributed by atoms with Crippen molar-refractivity contribution in [2.24, 2.45) is 11.7 Å². The fourth-order valence-corrected chi connectivity index (χ4v) is 2.66. The van der Waals surface area contributed by atoms with E-state index in [-0.39, 0.29) is 18.2 Å². The van der Waals surface area contributed by atoms with Crippen LogP contribution in [0.5, 0.6) is 0 Å². The highest BCUT2D eigenvalue weighted by atomic mass is 16.2. The number of carbonyl (C=O) groups is 2. The number of hydrogen-bond donors (Lipinski definition) is 3. The Morgan fingerprint density at radius 1 is 1.25 bits per heavy atom. The number of primary amides is 1. The normalized spacial score (nSPS) is 12.5. The van der Waals surface area contributed by atoms with Gasteiger partial charge < -0.3 is 16.0 Å². The Balaban J connectivity index is 1.97. The Bertz CT molecular complexity index is 710. The van der Waals surface area contributed by atoms with Gasteiger partial charge in [-0.1, -0.05) is 13.8 Å². The van der Waals surface area contributed by atoms with Crippen LogP contribution >= 0.6 is 0 Å². The molecule has 0 aliphatic rings. The van der Waals surface area contributed by atoms with Gasteiger partial charge in [0.15, 0.2) is 0 Å². The molecule has 6 nitrogen and oxygen atoms in total. The van der Waals surface area contributed by atoms with Gasteiger partial charge in [-0.05, 0) is 49.4 Å². The van der Waals surface area contributed by atoms with Crippen molar-refractivity contribution in [2.45, 2.75) is 53.0 Å². The number of carbonyl (C=O) groups excluding carboxylic acids is 2. The first-order valence-electron chi connectivity index (χ1n) is 8.30. The molecule has 0 unspecified atom stereocenters. The molecular formula is C18H26N4O2. The molecule has 0 aliphatic carbocycles. The summed E-state index contributed by atoms with van der Waals surface area (Å²) in [5, 5.41) is 2.71. The fraction of sp³-hybridized carbons (Fsp3) is 0.500. The van der Waals surface area contributed by atoms with Gasteiger partial charge >= 0.3 is 0 Å². The summed E-state index contributed by atoms with van der Waals surface area (Å²) in [5.74, 6) is 0.369. The lowest BCUT2D eigenvalue weighted by Crippen LogP contribution is -2.45. The van der Waals surface area contributed by atoms with E-state index < -0.39 is 11.9 Å². The number of nitrogens with one attached hydrogen (secondary N) is 2. The number of aromatic amines is 1. The van der Waals surface area contributed by atoms with Gasteiger partial charge in [-0.3, -0.25) is 9.59 Å². The molecule has 1 aromatic heterocycles. The van der Waals surface area contributed by atoms with Crippen LogP contribution < -0.4 is 11.1 Å². The molecule has 2 amide bonds. The van der Waals surface area contributed by atoms with Crippen LogP contribution in [0.15, 0.2) is 12.1 Å². The highest BCUT2D eigenvalue weighted by molar-refractivity contribution is 5.86. The van der Waals surface area contributed by atoms with Crippen molar-refractivity contribution in [3.05, 3.63) is 29.1 Å². The van der Waals surface area contributed by atoms with E-state index in [0.29, 0.717) is 12.8 Å². The Hall–Kier alpha value is -2.37. The summed E-state index contributed by atoms with van der Waals surface area (Å²) in [7, 11) is 0.